The van der Waals surface area contributed by atoms with E-state index < -0.39 is 0 Å². The number of allylic oxidation sites excluding steroid dienone is 1. The summed E-state index contributed by atoms with van der Waals surface area (Å²) in [5.41, 5.74) is 6.10. The molecule has 18 heavy (non-hydrogen) atoms. The van der Waals surface area contributed by atoms with Gasteiger partial charge in [-0.3, -0.25) is 0 Å². The number of phenolic OH excluding ortho intramolecular Hbond substituents is 1. The second kappa shape index (κ2) is 5.09. The van der Waals surface area contributed by atoms with Crippen molar-refractivity contribution in [3.63, 3.8) is 0 Å². The number of rotatable bonds is 2. The Morgan fingerprint density at radius 3 is 2.06 bits per heavy atom. The summed E-state index contributed by atoms with van der Waals surface area (Å²) < 4.78 is 0. The maximum Gasteiger partial charge on any atom is 0.115 e. The van der Waals surface area contributed by atoms with Crippen molar-refractivity contribution >= 4 is 11.6 Å². The zero-order valence-electron chi connectivity index (χ0n) is 11.1. The molecule has 0 aromatic heterocycles. The molecule has 2 rings (SSSR count). The lowest BCUT2D eigenvalue weighted by Gasteiger charge is -2.04. The summed E-state index contributed by atoms with van der Waals surface area (Å²) in [6.45, 7) is 6.31. The summed E-state index contributed by atoms with van der Waals surface area (Å²) in [5, 5.41) is 9.28. The molecule has 2 aromatic carbocycles. The van der Waals surface area contributed by atoms with Gasteiger partial charge in [0.15, 0.2) is 0 Å². The molecular formula is C17H18O. The van der Waals surface area contributed by atoms with Crippen molar-refractivity contribution in [2.45, 2.75) is 20.8 Å². The molecule has 0 saturated carbocycles. The maximum atomic E-state index is 9.28. The summed E-state index contributed by atoms with van der Waals surface area (Å²) in [6, 6.07) is 13.8. The Kier molecular flexibility index (Phi) is 3.52. The number of aryl methyl sites for hydroxylation is 2. The third-order valence-electron chi connectivity index (χ3n) is 2.95. The van der Waals surface area contributed by atoms with Crippen LogP contribution in [0.1, 0.15) is 29.2 Å². The van der Waals surface area contributed by atoms with Gasteiger partial charge in [-0.05, 0) is 49.6 Å². The van der Waals surface area contributed by atoms with Gasteiger partial charge in [-0.1, -0.05) is 47.5 Å². The van der Waals surface area contributed by atoms with Crippen LogP contribution in [0.3, 0.4) is 0 Å². The fourth-order valence-electron chi connectivity index (χ4n) is 2.15. The van der Waals surface area contributed by atoms with Gasteiger partial charge >= 0.3 is 0 Å². The molecule has 2 aromatic rings. The summed E-state index contributed by atoms with van der Waals surface area (Å²) in [5.74, 6) is 0.304. The minimum absolute atomic E-state index is 0.304. The molecule has 0 bridgehead atoms. The van der Waals surface area contributed by atoms with Crippen molar-refractivity contribution in [2.75, 3.05) is 0 Å². The minimum atomic E-state index is 0.304. The molecule has 1 heteroatoms. The van der Waals surface area contributed by atoms with Crippen molar-refractivity contribution in [3.8, 4) is 5.75 Å². The summed E-state index contributed by atoms with van der Waals surface area (Å²) in [6.07, 6.45) is 2.17. The molecular weight excluding hydrogens is 220 g/mol. The van der Waals surface area contributed by atoms with E-state index in [0.717, 1.165) is 5.56 Å². The second-order valence-corrected chi connectivity index (χ2v) is 4.80. The lowest BCUT2D eigenvalue weighted by atomic mass is 10.0. The van der Waals surface area contributed by atoms with Crippen LogP contribution in [0, 0.1) is 13.8 Å². The Bertz CT molecular complexity index is 557. The smallest absolute Gasteiger partial charge is 0.115 e. The normalized spacial score (nSPS) is 11.6. The van der Waals surface area contributed by atoms with Gasteiger partial charge in [-0.25, -0.2) is 0 Å². The first-order valence-electron chi connectivity index (χ1n) is 6.10. The van der Waals surface area contributed by atoms with Crippen LogP contribution in [-0.4, -0.2) is 5.11 Å². The van der Waals surface area contributed by atoms with E-state index in [1.807, 2.05) is 12.1 Å². The summed E-state index contributed by atoms with van der Waals surface area (Å²) in [7, 11) is 0. The summed E-state index contributed by atoms with van der Waals surface area (Å²) >= 11 is 0. The van der Waals surface area contributed by atoms with E-state index in [9.17, 15) is 5.11 Å². The van der Waals surface area contributed by atoms with E-state index in [2.05, 4.69) is 45.0 Å². The second-order valence-electron chi connectivity index (χ2n) is 4.80. The first-order valence-corrected chi connectivity index (χ1v) is 6.10. The van der Waals surface area contributed by atoms with E-state index in [0.29, 0.717) is 5.75 Å². The number of hydrogen-bond acceptors (Lipinski definition) is 1. The van der Waals surface area contributed by atoms with Gasteiger partial charge in [0.1, 0.15) is 5.75 Å². The highest BCUT2D eigenvalue weighted by Crippen LogP contribution is 2.21. The molecule has 0 aliphatic heterocycles. The lowest BCUT2D eigenvalue weighted by molar-refractivity contribution is 0.475. The van der Waals surface area contributed by atoms with Crippen LogP contribution in [0.25, 0.3) is 11.6 Å². The number of aromatic hydroxyl groups is 1. The van der Waals surface area contributed by atoms with E-state index in [1.54, 1.807) is 12.1 Å². The third-order valence-corrected chi connectivity index (χ3v) is 2.95. The van der Waals surface area contributed by atoms with Crippen molar-refractivity contribution in [1.82, 2.24) is 0 Å². The lowest BCUT2D eigenvalue weighted by Crippen LogP contribution is -1.83. The topological polar surface area (TPSA) is 20.2 Å². The van der Waals surface area contributed by atoms with Crippen LogP contribution in [0.15, 0.2) is 42.5 Å². The SMILES string of the molecule is C/C(=C\c1cc(C)cc(C)c1)c1ccc(O)cc1. The van der Waals surface area contributed by atoms with Crippen molar-refractivity contribution < 1.29 is 5.11 Å². The molecule has 0 heterocycles. The highest BCUT2D eigenvalue weighted by atomic mass is 16.3. The number of phenols is 1. The van der Waals surface area contributed by atoms with Crippen LogP contribution in [-0.2, 0) is 0 Å². The summed E-state index contributed by atoms with van der Waals surface area (Å²) in [4.78, 5) is 0. The monoisotopic (exact) mass is 238 g/mol. The molecule has 0 atom stereocenters. The predicted octanol–water partition coefficient (Wildman–Crippen LogP) is 4.57. The van der Waals surface area contributed by atoms with Crippen molar-refractivity contribution in [1.29, 1.82) is 0 Å². The van der Waals surface area contributed by atoms with Gasteiger partial charge in [-0.15, -0.1) is 0 Å². The molecule has 1 nitrogen and oxygen atoms in total. The Balaban J connectivity index is 2.35. The Morgan fingerprint density at radius 2 is 1.50 bits per heavy atom. The number of hydrogen-bond donors (Lipinski definition) is 1. The number of benzene rings is 2. The fourth-order valence-corrected chi connectivity index (χ4v) is 2.15. The Labute approximate surface area is 108 Å². The van der Waals surface area contributed by atoms with Crippen LogP contribution >= 0.6 is 0 Å². The van der Waals surface area contributed by atoms with Gasteiger partial charge in [0.2, 0.25) is 0 Å². The zero-order chi connectivity index (χ0) is 13.1. The average Bonchev–Trinajstić information content (AvgIpc) is 2.28. The minimum Gasteiger partial charge on any atom is -0.508 e. The van der Waals surface area contributed by atoms with Crippen LogP contribution in [0.2, 0.25) is 0 Å². The highest BCUT2D eigenvalue weighted by molar-refractivity contribution is 5.80. The molecule has 0 aliphatic carbocycles. The quantitative estimate of drug-likeness (QED) is 0.760. The van der Waals surface area contributed by atoms with Crippen molar-refractivity contribution in [2.24, 2.45) is 0 Å². The highest BCUT2D eigenvalue weighted by Gasteiger charge is 1.98. The van der Waals surface area contributed by atoms with Gasteiger partial charge in [0.05, 0.1) is 0 Å². The van der Waals surface area contributed by atoms with Gasteiger partial charge < -0.3 is 5.11 Å². The molecule has 92 valence electrons. The van der Waals surface area contributed by atoms with E-state index in [4.69, 9.17) is 0 Å². The Morgan fingerprint density at radius 1 is 0.944 bits per heavy atom. The molecule has 0 spiro atoms. The van der Waals surface area contributed by atoms with Crippen LogP contribution in [0.4, 0.5) is 0 Å². The molecule has 0 amide bonds. The first kappa shape index (κ1) is 12.4. The Hall–Kier alpha value is -2.02. The molecule has 1 N–H and O–H groups in total. The molecule has 0 radical (unpaired) electrons. The first-order chi connectivity index (χ1) is 8.54. The van der Waals surface area contributed by atoms with Crippen molar-refractivity contribution in [3.05, 3.63) is 64.7 Å². The molecule has 0 fully saturated rings. The largest absolute Gasteiger partial charge is 0.508 e. The van der Waals surface area contributed by atoms with E-state index >= 15 is 0 Å². The van der Waals surface area contributed by atoms with E-state index in [1.165, 1.54) is 22.3 Å². The average molecular weight is 238 g/mol. The van der Waals surface area contributed by atoms with Gasteiger partial charge in [0.25, 0.3) is 0 Å². The molecule has 0 aliphatic rings. The van der Waals surface area contributed by atoms with Gasteiger partial charge in [0, 0.05) is 0 Å². The standard InChI is InChI=1S/C17H18O/c1-12-8-13(2)10-15(9-12)11-14(3)16-4-6-17(18)7-5-16/h4-11,18H,1-3H3/b14-11+. The maximum absolute atomic E-state index is 9.28. The zero-order valence-corrected chi connectivity index (χ0v) is 11.1. The van der Waals surface area contributed by atoms with Crippen LogP contribution in [0.5, 0.6) is 5.75 Å². The van der Waals surface area contributed by atoms with Crippen LogP contribution < -0.4 is 0 Å². The van der Waals surface area contributed by atoms with Gasteiger partial charge in [-0.2, -0.15) is 0 Å². The fraction of sp³-hybridized carbons (Fsp3) is 0.176. The molecule has 0 saturated heterocycles. The molecule has 0 unspecified atom stereocenters. The predicted molar refractivity (Wildman–Crippen MR) is 77.6 cm³/mol. The van der Waals surface area contributed by atoms with E-state index in [-0.39, 0.29) is 0 Å². The third kappa shape index (κ3) is 3.01.